The summed E-state index contributed by atoms with van der Waals surface area (Å²) in [5.41, 5.74) is -0.294. The first-order valence-electron chi connectivity index (χ1n) is 6.65. The second-order valence-corrected chi connectivity index (χ2v) is 5.10. The first-order valence-corrected chi connectivity index (χ1v) is 6.65. The molecule has 1 unspecified atom stereocenters. The number of rotatable bonds is 4. The Morgan fingerprint density at radius 1 is 0.913 bits per heavy atom. The minimum atomic E-state index is -1.65. The molecule has 0 saturated carbocycles. The Morgan fingerprint density at radius 2 is 1.57 bits per heavy atom. The number of benzene rings is 1. The lowest BCUT2D eigenvalue weighted by atomic mass is 9.99. The van der Waals surface area contributed by atoms with E-state index in [1.54, 1.807) is 0 Å². The van der Waals surface area contributed by atoms with E-state index in [1.165, 1.54) is 0 Å². The molecule has 1 saturated heterocycles. The summed E-state index contributed by atoms with van der Waals surface area (Å²) >= 11 is 0. The van der Waals surface area contributed by atoms with Crippen LogP contribution in [0.25, 0.3) is 0 Å². The van der Waals surface area contributed by atoms with E-state index < -0.39 is 66.9 Å². The highest BCUT2D eigenvalue weighted by molar-refractivity contribution is 5.58. The van der Waals surface area contributed by atoms with E-state index in [-0.39, 0.29) is 5.56 Å². The molecular weight excluding hydrogens is 316 g/mol. The number of aromatic hydroxyl groups is 4. The number of phenols is 4. The van der Waals surface area contributed by atoms with Crippen LogP contribution in [0.5, 0.6) is 23.0 Å². The minimum absolute atomic E-state index is 0.294. The summed E-state index contributed by atoms with van der Waals surface area (Å²) < 4.78 is 10.2. The highest BCUT2D eigenvalue weighted by atomic mass is 16.7. The molecule has 10 nitrogen and oxygen atoms in total. The van der Waals surface area contributed by atoms with Crippen molar-refractivity contribution in [2.45, 2.75) is 37.3 Å². The second-order valence-electron chi connectivity index (χ2n) is 5.10. The van der Waals surface area contributed by atoms with Gasteiger partial charge in [0, 0.05) is 6.07 Å². The molecule has 130 valence electrons. The molecule has 0 aliphatic carbocycles. The molecule has 10 heteroatoms. The molecule has 8 N–H and O–H groups in total. The standard InChI is InChI=1S/C13H18O10/c14-2-7-10(19)11(20)12(21)13(23-7)22-3-4-5(15)1-6(16)9(18)8(4)17/h1,7,10-21H,2-3H2/t7-,10+,11+,12-,13?/m1/s1. The first-order chi connectivity index (χ1) is 10.8. The summed E-state index contributed by atoms with van der Waals surface area (Å²) in [4.78, 5) is 0. The third-order valence-electron chi connectivity index (χ3n) is 3.58. The predicted octanol–water partition coefficient (Wildman–Crippen LogP) is -2.17. The number of aliphatic hydroxyl groups is 4. The lowest BCUT2D eigenvalue weighted by molar-refractivity contribution is -0.304. The largest absolute Gasteiger partial charge is 0.507 e. The molecule has 0 bridgehead atoms. The zero-order valence-corrected chi connectivity index (χ0v) is 11.8. The van der Waals surface area contributed by atoms with Crippen molar-refractivity contribution < 1.29 is 50.3 Å². The Hall–Kier alpha value is -1.82. The van der Waals surface area contributed by atoms with Gasteiger partial charge in [0.1, 0.15) is 30.2 Å². The third kappa shape index (κ3) is 3.27. The average Bonchev–Trinajstić information content (AvgIpc) is 2.52. The van der Waals surface area contributed by atoms with Crippen LogP contribution in [0.4, 0.5) is 0 Å². The van der Waals surface area contributed by atoms with Crippen LogP contribution in [0, 0.1) is 0 Å². The number of ether oxygens (including phenoxy) is 2. The highest BCUT2D eigenvalue weighted by Gasteiger charge is 2.44. The molecule has 2 rings (SSSR count). The third-order valence-corrected chi connectivity index (χ3v) is 3.58. The van der Waals surface area contributed by atoms with Crippen LogP contribution < -0.4 is 0 Å². The van der Waals surface area contributed by atoms with Crippen molar-refractivity contribution in [2.75, 3.05) is 6.61 Å². The second kappa shape index (κ2) is 6.74. The number of phenolic OH excluding ortho intramolecular Hbond substituents is 4. The minimum Gasteiger partial charge on any atom is -0.507 e. The summed E-state index contributed by atoms with van der Waals surface area (Å²) in [6.45, 7) is -1.20. The Kier molecular flexibility index (Phi) is 5.14. The maximum atomic E-state index is 9.78. The van der Waals surface area contributed by atoms with E-state index in [9.17, 15) is 35.7 Å². The summed E-state index contributed by atoms with van der Waals surface area (Å²) in [7, 11) is 0. The van der Waals surface area contributed by atoms with Gasteiger partial charge in [-0.25, -0.2) is 0 Å². The van der Waals surface area contributed by atoms with E-state index in [2.05, 4.69) is 0 Å². The Bertz CT molecular complexity index is 560. The van der Waals surface area contributed by atoms with Crippen LogP contribution in [0.3, 0.4) is 0 Å². The SMILES string of the molecule is OC[C@H]1OC(OCc2c(O)cc(O)c(O)c2O)[C@H](O)[C@@H](O)[C@H]1O. The lowest BCUT2D eigenvalue weighted by Gasteiger charge is -2.39. The van der Waals surface area contributed by atoms with Crippen molar-refractivity contribution in [1.82, 2.24) is 0 Å². The van der Waals surface area contributed by atoms with Gasteiger partial charge < -0.3 is 50.3 Å². The zero-order chi connectivity index (χ0) is 17.3. The van der Waals surface area contributed by atoms with Crippen molar-refractivity contribution in [3.8, 4) is 23.0 Å². The van der Waals surface area contributed by atoms with E-state index >= 15 is 0 Å². The predicted molar refractivity (Wildman–Crippen MR) is 71.7 cm³/mol. The van der Waals surface area contributed by atoms with Gasteiger partial charge in [0.15, 0.2) is 17.8 Å². The van der Waals surface area contributed by atoms with E-state index in [0.29, 0.717) is 0 Å². The lowest BCUT2D eigenvalue weighted by Crippen LogP contribution is -2.59. The number of hydrogen-bond acceptors (Lipinski definition) is 10. The average molecular weight is 334 g/mol. The summed E-state index contributed by atoms with van der Waals surface area (Å²) in [5.74, 6) is -3.01. The number of aliphatic hydroxyl groups excluding tert-OH is 4. The molecule has 1 heterocycles. The van der Waals surface area contributed by atoms with Gasteiger partial charge >= 0.3 is 0 Å². The number of hydrogen-bond donors (Lipinski definition) is 8. The van der Waals surface area contributed by atoms with Gasteiger partial charge in [0.05, 0.1) is 18.8 Å². The Morgan fingerprint density at radius 3 is 2.17 bits per heavy atom. The zero-order valence-electron chi connectivity index (χ0n) is 11.8. The van der Waals surface area contributed by atoms with Gasteiger partial charge in [-0.2, -0.15) is 0 Å². The van der Waals surface area contributed by atoms with Gasteiger partial charge in [-0.05, 0) is 0 Å². The van der Waals surface area contributed by atoms with Crippen molar-refractivity contribution in [3.63, 3.8) is 0 Å². The van der Waals surface area contributed by atoms with Gasteiger partial charge in [0.2, 0.25) is 5.75 Å². The molecule has 0 radical (unpaired) electrons. The molecular formula is C13H18O10. The normalized spacial score (nSPS) is 31.2. The van der Waals surface area contributed by atoms with Crippen LogP contribution in [-0.4, -0.2) is 78.2 Å². The van der Waals surface area contributed by atoms with Crippen molar-refractivity contribution in [3.05, 3.63) is 11.6 Å². The van der Waals surface area contributed by atoms with Crippen LogP contribution in [0.1, 0.15) is 5.56 Å². The van der Waals surface area contributed by atoms with E-state index in [4.69, 9.17) is 14.6 Å². The molecule has 0 amide bonds. The fourth-order valence-corrected chi connectivity index (χ4v) is 2.18. The fourth-order valence-electron chi connectivity index (χ4n) is 2.18. The van der Waals surface area contributed by atoms with Crippen molar-refractivity contribution in [1.29, 1.82) is 0 Å². The van der Waals surface area contributed by atoms with E-state index in [1.807, 2.05) is 0 Å². The van der Waals surface area contributed by atoms with Crippen molar-refractivity contribution >= 4 is 0 Å². The Labute approximate surface area is 130 Å². The smallest absolute Gasteiger partial charge is 0.200 e. The molecule has 5 atom stereocenters. The Balaban J connectivity index is 2.13. The van der Waals surface area contributed by atoms with Crippen LogP contribution in [0.2, 0.25) is 0 Å². The molecule has 1 aliphatic rings. The highest BCUT2D eigenvalue weighted by Crippen LogP contribution is 2.43. The van der Waals surface area contributed by atoms with Gasteiger partial charge in [0.25, 0.3) is 0 Å². The fraction of sp³-hybridized carbons (Fsp3) is 0.538. The molecule has 1 aromatic carbocycles. The quantitative estimate of drug-likeness (QED) is 0.223. The molecule has 1 fully saturated rings. The van der Waals surface area contributed by atoms with Crippen LogP contribution >= 0.6 is 0 Å². The van der Waals surface area contributed by atoms with Gasteiger partial charge in [-0.15, -0.1) is 0 Å². The topological polar surface area (TPSA) is 180 Å². The monoisotopic (exact) mass is 334 g/mol. The molecule has 0 aromatic heterocycles. The molecule has 0 spiro atoms. The summed E-state index contributed by atoms with van der Waals surface area (Å²) in [5, 5.41) is 76.0. The van der Waals surface area contributed by atoms with Gasteiger partial charge in [-0.3, -0.25) is 0 Å². The molecule has 1 aromatic rings. The van der Waals surface area contributed by atoms with E-state index in [0.717, 1.165) is 6.07 Å². The van der Waals surface area contributed by atoms with Gasteiger partial charge in [-0.1, -0.05) is 0 Å². The molecule has 23 heavy (non-hydrogen) atoms. The summed E-state index contributed by atoms with van der Waals surface area (Å²) in [6, 6.07) is 0.779. The van der Waals surface area contributed by atoms with Crippen LogP contribution in [-0.2, 0) is 16.1 Å². The maximum Gasteiger partial charge on any atom is 0.200 e. The summed E-state index contributed by atoms with van der Waals surface area (Å²) in [6.07, 6.45) is -7.48. The van der Waals surface area contributed by atoms with Crippen LogP contribution in [0.15, 0.2) is 6.07 Å². The maximum absolute atomic E-state index is 9.78. The van der Waals surface area contributed by atoms with Crippen molar-refractivity contribution in [2.24, 2.45) is 0 Å². The first kappa shape index (κ1) is 17.5. The molecule has 1 aliphatic heterocycles.